The summed E-state index contributed by atoms with van der Waals surface area (Å²) in [4.78, 5) is 51.2. The molecule has 1 N–H and O–H groups in total. The first-order valence-corrected chi connectivity index (χ1v) is 21.5. The second-order valence-electron chi connectivity index (χ2n) is 19.2. The number of ketones is 2. The summed E-state index contributed by atoms with van der Waals surface area (Å²) >= 11 is 0. The average Bonchev–Trinajstić information content (AvgIpc) is 3.30. The number of ether oxygens (including phenoxy) is 3. The Morgan fingerprint density at radius 1 is 0.930 bits per heavy atom. The molecular formula is C47H63N3O7. The molecule has 3 saturated heterocycles. The van der Waals surface area contributed by atoms with Crippen molar-refractivity contribution in [3.8, 4) is 17.2 Å². The van der Waals surface area contributed by atoms with Crippen molar-refractivity contribution in [2.75, 3.05) is 46.3 Å². The monoisotopic (exact) mass is 781 g/mol. The lowest BCUT2D eigenvalue weighted by atomic mass is 9.44. The molecule has 9 rings (SSSR count). The fraction of sp³-hybridized carbons (Fsp3) is 0.638. The highest BCUT2D eigenvalue weighted by atomic mass is 16.6. The summed E-state index contributed by atoms with van der Waals surface area (Å²) in [5, 5.41) is 12.3. The third-order valence-corrected chi connectivity index (χ3v) is 14.3. The molecule has 8 aliphatic rings. The molecule has 5 aliphatic heterocycles. The van der Waals surface area contributed by atoms with Gasteiger partial charge in [-0.25, -0.2) is 0 Å². The number of aromatic hydroxyl groups is 1. The molecule has 57 heavy (non-hydrogen) atoms. The Balaban J connectivity index is 1.30. The van der Waals surface area contributed by atoms with E-state index < -0.39 is 40.3 Å². The van der Waals surface area contributed by atoms with Crippen molar-refractivity contribution >= 4 is 23.5 Å². The van der Waals surface area contributed by atoms with Gasteiger partial charge in [-0.05, 0) is 125 Å². The zero-order chi connectivity index (χ0) is 40.7. The number of fused-ring (bicyclic) bond motifs is 2. The number of allylic oxidation sites excluding steroid dienone is 4. The lowest BCUT2D eigenvalue weighted by Crippen LogP contribution is -2.82. The number of carbonyl (C=O) groups excluding carboxylic acids is 3. The largest absolute Gasteiger partial charge is 0.506 e. The minimum Gasteiger partial charge on any atom is -0.506 e. The summed E-state index contributed by atoms with van der Waals surface area (Å²) in [7, 11) is 2.06. The molecular weight excluding hydrogens is 719 g/mol. The summed E-state index contributed by atoms with van der Waals surface area (Å²) in [6, 6.07) is -0.391. The third-order valence-electron chi connectivity index (χ3n) is 14.3. The Kier molecular flexibility index (Phi) is 10.2. The molecule has 4 bridgehead atoms. The summed E-state index contributed by atoms with van der Waals surface area (Å²) in [5.41, 5.74) is -0.688. The Bertz CT molecular complexity index is 1960. The standard InChI is InChI=1S/C47H63N3O7/c1-29(2)14-12-19-45(7)21-18-31-39(52)36-40(53)37-38(50-22-10-9-11-23-50)33-28-34-44(5,6)57-46(43(33)54,20-13-15-35(51)49-26-24-48(8)25-27-49)47(34,37)56-42(36)32(41(31)55-45)17-16-30(3)4/h13-16,18,21,33-34,37-38,52H,9-12,17,19-20,22-28H2,1-8H3/b15-13+/t33-,34?,37?,38?,45+,46-,47-/m0/s1. The smallest absolute Gasteiger partial charge is 0.246 e. The topological polar surface area (TPSA) is 109 Å². The first kappa shape index (κ1) is 40.1. The number of rotatable bonds is 9. The number of benzene rings is 1. The first-order valence-electron chi connectivity index (χ1n) is 21.5. The molecule has 7 atom stereocenters. The van der Waals surface area contributed by atoms with Crippen LogP contribution in [-0.2, 0) is 20.7 Å². The van der Waals surface area contributed by atoms with Crippen molar-refractivity contribution in [1.29, 1.82) is 0 Å². The van der Waals surface area contributed by atoms with E-state index in [4.69, 9.17) is 14.2 Å². The fourth-order valence-corrected chi connectivity index (χ4v) is 11.5. The van der Waals surface area contributed by atoms with Crippen LogP contribution in [-0.4, -0.2) is 112 Å². The third kappa shape index (κ3) is 6.35. The lowest BCUT2D eigenvalue weighted by molar-refractivity contribution is -0.214. The van der Waals surface area contributed by atoms with Gasteiger partial charge in [0.1, 0.15) is 28.4 Å². The van der Waals surface area contributed by atoms with Crippen LogP contribution in [0, 0.1) is 17.8 Å². The van der Waals surface area contributed by atoms with E-state index in [1.54, 1.807) is 12.2 Å². The molecule has 5 heterocycles. The molecule has 0 aromatic heterocycles. The maximum absolute atomic E-state index is 15.8. The molecule has 1 aromatic carbocycles. The van der Waals surface area contributed by atoms with Gasteiger partial charge >= 0.3 is 0 Å². The molecule has 1 amide bonds. The molecule has 3 aliphatic carbocycles. The maximum atomic E-state index is 15.8. The molecule has 1 aromatic rings. The minimum absolute atomic E-state index is 0.0387. The summed E-state index contributed by atoms with van der Waals surface area (Å²) in [6.45, 7) is 18.8. The van der Waals surface area contributed by atoms with Crippen molar-refractivity contribution in [3.05, 3.63) is 58.2 Å². The first-order chi connectivity index (χ1) is 27.0. The van der Waals surface area contributed by atoms with Gasteiger partial charge in [-0.15, -0.1) is 0 Å². The summed E-state index contributed by atoms with van der Waals surface area (Å²) < 4.78 is 21.7. The lowest BCUT2D eigenvalue weighted by Gasteiger charge is -2.64. The molecule has 3 unspecified atom stereocenters. The van der Waals surface area contributed by atoms with Crippen molar-refractivity contribution in [2.24, 2.45) is 17.8 Å². The molecule has 6 fully saturated rings. The SMILES string of the molecule is CC(C)=CCC[C@]1(C)C=Cc2c(O)c3c(c(CC=C(C)C)c2O1)O[C@]12C(C3=O)C(N3CCCCC3)[C@@H]3CC1C(C)(C)O[C@@]2(C/C=C/C(=O)N1CCN(C)CC1)C3=O. The molecule has 1 spiro atoms. The number of nitrogens with zero attached hydrogens (tertiary/aromatic N) is 3. The summed E-state index contributed by atoms with van der Waals surface area (Å²) in [5.74, 6) is -1.17. The predicted octanol–water partition coefficient (Wildman–Crippen LogP) is 7.08. The number of likely N-dealkylation sites (tertiary alicyclic amines) is 1. The van der Waals surface area contributed by atoms with Crippen LogP contribution in [0.5, 0.6) is 17.2 Å². The Hall–Kier alpha value is -3.73. The van der Waals surface area contributed by atoms with Gasteiger partial charge in [0.05, 0.1) is 17.1 Å². The Labute approximate surface area is 338 Å². The number of hydrogen-bond donors (Lipinski definition) is 1. The Morgan fingerprint density at radius 2 is 1.63 bits per heavy atom. The molecule has 0 radical (unpaired) electrons. The van der Waals surface area contributed by atoms with Gasteiger partial charge in [0.2, 0.25) is 5.91 Å². The van der Waals surface area contributed by atoms with Crippen LogP contribution in [0.1, 0.15) is 115 Å². The van der Waals surface area contributed by atoms with Crippen LogP contribution in [0.15, 0.2) is 41.5 Å². The number of likely N-dealkylation sites (N-methyl/N-ethyl adjacent to an activating group) is 1. The molecule has 3 saturated carbocycles. The normalized spacial score (nSPS) is 34.0. The van der Waals surface area contributed by atoms with Gasteiger partial charge < -0.3 is 29.1 Å². The van der Waals surface area contributed by atoms with Gasteiger partial charge in [-0.1, -0.05) is 35.8 Å². The number of piperidine rings is 1. The van der Waals surface area contributed by atoms with Crippen molar-refractivity contribution in [1.82, 2.24) is 14.7 Å². The van der Waals surface area contributed by atoms with Crippen LogP contribution < -0.4 is 9.47 Å². The van der Waals surface area contributed by atoms with Crippen LogP contribution in [0.25, 0.3) is 6.08 Å². The van der Waals surface area contributed by atoms with Gasteiger partial charge in [0, 0.05) is 56.0 Å². The fourth-order valence-electron chi connectivity index (χ4n) is 11.5. The van der Waals surface area contributed by atoms with E-state index in [1.807, 2.05) is 44.7 Å². The quantitative estimate of drug-likeness (QED) is 0.208. The predicted molar refractivity (Wildman–Crippen MR) is 221 cm³/mol. The van der Waals surface area contributed by atoms with Crippen molar-refractivity contribution < 1.29 is 33.7 Å². The maximum Gasteiger partial charge on any atom is 0.246 e. The van der Waals surface area contributed by atoms with Gasteiger partial charge in [-0.3, -0.25) is 19.3 Å². The Morgan fingerprint density at radius 3 is 2.32 bits per heavy atom. The number of phenolic OH excluding ortho intramolecular Hbond substituents is 1. The minimum atomic E-state index is -1.52. The number of hydrogen-bond acceptors (Lipinski definition) is 9. The van der Waals surface area contributed by atoms with Crippen molar-refractivity contribution in [2.45, 2.75) is 128 Å². The van der Waals surface area contributed by atoms with Crippen LogP contribution in [0.3, 0.4) is 0 Å². The van der Waals surface area contributed by atoms with Crippen LogP contribution in [0.2, 0.25) is 0 Å². The van der Waals surface area contributed by atoms with Crippen LogP contribution >= 0.6 is 0 Å². The number of amides is 1. The van der Waals surface area contributed by atoms with E-state index in [-0.39, 0.29) is 41.1 Å². The number of piperazine rings is 1. The number of phenols is 1. The highest BCUT2D eigenvalue weighted by Crippen LogP contribution is 2.71. The van der Waals surface area contributed by atoms with E-state index >= 15 is 9.59 Å². The second-order valence-corrected chi connectivity index (χ2v) is 19.2. The van der Waals surface area contributed by atoms with Gasteiger partial charge in [-0.2, -0.15) is 0 Å². The molecule has 10 heteroatoms. The zero-order valence-corrected chi connectivity index (χ0v) is 35.4. The van der Waals surface area contributed by atoms with E-state index in [1.165, 1.54) is 5.57 Å². The van der Waals surface area contributed by atoms with Gasteiger partial charge in [0.15, 0.2) is 22.8 Å². The highest BCUT2D eigenvalue weighted by Gasteiger charge is 2.85. The van der Waals surface area contributed by atoms with Gasteiger partial charge in [0.25, 0.3) is 0 Å². The highest BCUT2D eigenvalue weighted by molar-refractivity contribution is 6.10. The average molecular weight is 782 g/mol. The number of carbonyl (C=O) groups is 3. The van der Waals surface area contributed by atoms with Crippen LogP contribution in [0.4, 0.5) is 0 Å². The van der Waals surface area contributed by atoms with E-state index in [9.17, 15) is 9.90 Å². The number of Topliss-reactive ketones (excluding diaryl/α,β-unsaturated/α-hetero) is 2. The molecule has 10 nitrogen and oxygen atoms in total. The molecule has 308 valence electrons. The zero-order valence-electron chi connectivity index (χ0n) is 35.4. The summed E-state index contributed by atoms with van der Waals surface area (Å²) in [6.07, 6.45) is 17.3. The van der Waals surface area contributed by atoms with E-state index in [2.05, 4.69) is 49.8 Å². The van der Waals surface area contributed by atoms with Crippen molar-refractivity contribution in [3.63, 3.8) is 0 Å². The van der Waals surface area contributed by atoms with E-state index in [0.717, 1.165) is 63.9 Å². The second kappa shape index (κ2) is 14.5. The van der Waals surface area contributed by atoms with E-state index in [0.29, 0.717) is 48.6 Å².